The van der Waals surface area contributed by atoms with E-state index < -0.39 is 6.10 Å². The van der Waals surface area contributed by atoms with Crippen LogP contribution in [0.25, 0.3) is 0 Å². The third-order valence-corrected chi connectivity index (χ3v) is 5.74. The number of nitrogens with one attached hydrogen (secondary N) is 2. The average molecular weight is 477 g/mol. The number of carbonyl (C=O) groups excluding carboxylic acids is 2. The van der Waals surface area contributed by atoms with Gasteiger partial charge in [-0.25, -0.2) is 0 Å². The first-order valence-corrected chi connectivity index (χ1v) is 11.4. The van der Waals surface area contributed by atoms with Crippen LogP contribution in [0.2, 0.25) is 0 Å². The van der Waals surface area contributed by atoms with E-state index in [1.807, 2.05) is 50.2 Å². The van der Waals surface area contributed by atoms with Crippen molar-refractivity contribution < 1.29 is 23.8 Å². The Morgan fingerprint density at radius 1 is 0.886 bits per heavy atom. The first-order chi connectivity index (χ1) is 16.8. The minimum Gasteiger partial charge on any atom is -0.493 e. The van der Waals surface area contributed by atoms with Crippen LogP contribution in [-0.4, -0.2) is 38.7 Å². The van der Waals surface area contributed by atoms with Crippen molar-refractivity contribution in [2.75, 3.05) is 26.1 Å². The van der Waals surface area contributed by atoms with Gasteiger partial charge >= 0.3 is 0 Å². The van der Waals surface area contributed by atoms with Gasteiger partial charge in [0, 0.05) is 6.54 Å². The van der Waals surface area contributed by atoms with E-state index in [2.05, 4.69) is 10.6 Å². The van der Waals surface area contributed by atoms with E-state index in [0.29, 0.717) is 41.5 Å². The third-order valence-electron chi connectivity index (χ3n) is 5.74. The summed E-state index contributed by atoms with van der Waals surface area (Å²) in [6.07, 6.45) is -0.125. The molecular formula is C28H32N2O5. The molecule has 0 heterocycles. The highest BCUT2D eigenvalue weighted by Crippen LogP contribution is 2.27. The van der Waals surface area contributed by atoms with Gasteiger partial charge in [0.2, 0.25) is 0 Å². The Morgan fingerprint density at radius 2 is 1.63 bits per heavy atom. The monoisotopic (exact) mass is 476 g/mol. The molecule has 0 unspecified atom stereocenters. The van der Waals surface area contributed by atoms with Crippen LogP contribution in [0.3, 0.4) is 0 Å². The van der Waals surface area contributed by atoms with Crippen molar-refractivity contribution in [2.24, 2.45) is 0 Å². The third kappa shape index (κ3) is 6.76. The van der Waals surface area contributed by atoms with Crippen molar-refractivity contribution in [3.8, 4) is 17.2 Å². The Bertz CT molecular complexity index is 1190. The minimum absolute atomic E-state index is 0.274. The lowest BCUT2D eigenvalue weighted by Gasteiger charge is -2.17. The molecule has 184 valence electrons. The Morgan fingerprint density at radius 3 is 2.34 bits per heavy atom. The largest absolute Gasteiger partial charge is 0.493 e. The van der Waals surface area contributed by atoms with Gasteiger partial charge < -0.3 is 24.8 Å². The zero-order valence-corrected chi connectivity index (χ0v) is 20.8. The van der Waals surface area contributed by atoms with E-state index in [0.717, 1.165) is 16.7 Å². The first-order valence-electron chi connectivity index (χ1n) is 11.4. The molecule has 2 N–H and O–H groups in total. The molecule has 1 atom stereocenters. The van der Waals surface area contributed by atoms with Gasteiger partial charge in [-0.3, -0.25) is 9.59 Å². The van der Waals surface area contributed by atoms with E-state index in [9.17, 15) is 9.59 Å². The summed E-state index contributed by atoms with van der Waals surface area (Å²) in [5.74, 6) is 1.30. The van der Waals surface area contributed by atoms with Gasteiger partial charge in [0.1, 0.15) is 5.75 Å². The summed E-state index contributed by atoms with van der Waals surface area (Å²) >= 11 is 0. The fraction of sp³-hybridized carbons (Fsp3) is 0.286. The molecule has 0 saturated carbocycles. The van der Waals surface area contributed by atoms with Gasteiger partial charge in [0.25, 0.3) is 11.8 Å². The highest BCUT2D eigenvalue weighted by Gasteiger charge is 2.18. The summed E-state index contributed by atoms with van der Waals surface area (Å²) in [7, 11) is 3.17. The van der Waals surface area contributed by atoms with Crippen molar-refractivity contribution in [2.45, 2.75) is 33.3 Å². The summed E-state index contributed by atoms with van der Waals surface area (Å²) in [4.78, 5) is 25.6. The summed E-state index contributed by atoms with van der Waals surface area (Å²) in [6, 6.07) is 18.2. The molecule has 0 radical (unpaired) electrons. The predicted octanol–water partition coefficient (Wildman–Crippen LogP) is 4.70. The van der Waals surface area contributed by atoms with Crippen LogP contribution in [0.1, 0.15) is 34.0 Å². The van der Waals surface area contributed by atoms with Crippen molar-refractivity contribution >= 4 is 17.5 Å². The minimum atomic E-state index is -0.738. The van der Waals surface area contributed by atoms with Crippen molar-refractivity contribution in [1.29, 1.82) is 0 Å². The van der Waals surface area contributed by atoms with E-state index in [1.54, 1.807) is 45.4 Å². The zero-order chi connectivity index (χ0) is 25.4. The lowest BCUT2D eigenvalue weighted by atomic mass is 10.1. The number of amides is 2. The Kier molecular flexibility index (Phi) is 8.73. The van der Waals surface area contributed by atoms with Gasteiger partial charge in [-0.05, 0) is 80.3 Å². The molecule has 0 aromatic heterocycles. The number of benzene rings is 3. The molecule has 0 bridgehead atoms. The predicted molar refractivity (Wildman–Crippen MR) is 137 cm³/mol. The number of rotatable bonds is 10. The van der Waals surface area contributed by atoms with E-state index >= 15 is 0 Å². The highest BCUT2D eigenvalue weighted by atomic mass is 16.5. The summed E-state index contributed by atoms with van der Waals surface area (Å²) in [5, 5.41) is 5.73. The van der Waals surface area contributed by atoms with Gasteiger partial charge in [0.15, 0.2) is 17.6 Å². The normalized spacial score (nSPS) is 11.3. The smallest absolute Gasteiger partial charge is 0.265 e. The van der Waals surface area contributed by atoms with Crippen LogP contribution < -0.4 is 24.8 Å². The molecule has 0 saturated heterocycles. The molecule has 35 heavy (non-hydrogen) atoms. The number of ether oxygens (including phenoxy) is 3. The summed E-state index contributed by atoms with van der Waals surface area (Å²) < 4.78 is 16.4. The van der Waals surface area contributed by atoms with Crippen LogP contribution in [0.5, 0.6) is 17.2 Å². The molecule has 7 nitrogen and oxygen atoms in total. The van der Waals surface area contributed by atoms with Gasteiger partial charge in [0.05, 0.1) is 25.5 Å². The number of aryl methyl sites for hydroxylation is 2. The molecule has 3 aromatic rings. The number of hydrogen-bond acceptors (Lipinski definition) is 5. The topological polar surface area (TPSA) is 85.9 Å². The lowest BCUT2D eigenvalue weighted by Crippen LogP contribution is -2.32. The fourth-order valence-electron chi connectivity index (χ4n) is 3.52. The zero-order valence-electron chi connectivity index (χ0n) is 20.8. The second-order valence-corrected chi connectivity index (χ2v) is 8.24. The number of carbonyl (C=O) groups is 2. The SMILES string of the molecule is COc1ccc(CCNC(=O)c2ccccc2NC(=O)[C@H](C)Oc2ccc(C)c(C)c2)cc1OC. The van der Waals surface area contributed by atoms with Crippen LogP contribution in [-0.2, 0) is 11.2 Å². The number of para-hydroxylation sites is 1. The van der Waals surface area contributed by atoms with Crippen LogP contribution in [0, 0.1) is 13.8 Å². The molecule has 0 aliphatic carbocycles. The van der Waals surface area contributed by atoms with E-state index in [-0.39, 0.29) is 11.8 Å². The molecule has 3 rings (SSSR count). The van der Waals surface area contributed by atoms with Crippen molar-refractivity contribution in [3.63, 3.8) is 0 Å². The van der Waals surface area contributed by atoms with Gasteiger partial charge in [-0.1, -0.05) is 24.3 Å². The van der Waals surface area contributed by atoms with Crippen molar-refractivity contribution in [1.82, 2.24) is 5.32 Å². The second-order valence-electron chi connectivity index (χ2n) is 8.24. The van der Waals surface area contributed by atoms with Crippen LogP contribution in [0.15, 0.2) is 60.7 Å². The molecule has 0 aliphatic rings. The standard InChI is InChI=1S/C28H32N2O5/c1-18-10-12-22(16-19(18)2)35-20(3)27(31)30-24-9-7-6-8-23(24)28(32)29-15-14-21-11-13-25(33-4)26(17-21)34-5/h6-13,16-17,20H,14-15H2,1-5H3,(H,29,32)(H,30,31)/t20-/m0/s1. The van der Waals surface area contributed by atoms with Gasteiger partial charge in [-0.2, -0.15) is 0 Å². The first kappa shape index (κ1) is 25.6. The van der Waals surface area contributed by atoms with E-state index in [1.165, 1.54) is 0 Å². The summed E-state index contributed by atoms with van der Waals surface area (Å²) in [6.45, 7) is 6.11. The Hall–Kier alpha value is -4.00. The number of anilines is 1. The maximum absolute atomic E-state index is 12.9. The quantitative estimate of drug-likeness (QED) is 0.443. The van der Waals surface area contributed by atoms with Crippen LogP contribution in [0.4, 0.5) is 5.69 Å². The second kappa shape index (κ2) is 11.9. The molecular weight excluding hydrogens is 444 g/mol. The molecule has 3 aromatic carbocycles. The van der Waals surface area contributed by atoms with Crippen molar-refractivity contribution in [3.05, 3.63) is 82.9 Å². The number of methoxy groups -OCH3 is 2. The molecule has 2 amide bonds. The Labute approximate surface area is 206 Å². The molecule has 0 spiro atoms. The average Bonchev–Trinajstić information content (AvgIpc) is 2.86. The molecule has 0 aliphatic heterocycles. The maximum Gasteiger partial charge on any atom is 0.265 e. The Balaban J connectivity index is 1.60. The number of hydrogen-bond donors (Lipinski definition) is 2. The van der Waals surface area contributed by atoms with E-state index in [4.69, 9.17) is 14.2 Å². The lowest BCUT2D eigenvalue weighted by molar-refractivity contribution is -0.122. The highest BCUT2D eigenvalue weighted by molar-refractivity contribution is 6.04. The van der Waals surface area contributed by atoms with Crippen LogP contribution >= 0.6 is 0 Å². The summed E-state index contributed by atoms with van der Waals surface area (Å²) in [5.41, 5.74) is 4.05. The molecule has 7 heteroatoms. The van der Waals surface area contributed by atoms with Gasteiger partial charge in [-0.15, -0.1) is 0 Å². The fourth-order valence-corrected chi connectivity index (χ4v) is 3.52. The molecule has 0 fully saturated rings. The maximum atomic E-state index is 12.9.